The van der Waals surface area contributed by atoms with Gasteiger partial charge in [0.05, 0.1) is 47.4 Å². The van der Waals surface area contributed by atoms with E-state index in [1.165, 1.54) is 25.4 Å². The molecule has 0 fully saturated rings. The van der Waals surface area contributed by atoms with Gasteiger partial charge >= 0.3 is 18.1 Å². The number of azo groups is 1. The van der Waals surface area contributed by atoms with Crippen molar-refractivity contribution in [3.8, 4) is 41.2 Å². The first-order valence-electron chi connectivity index (χ1n) is 20.7. The Morgan fingerprint density at radius 1 is 0.606 bits per heavy atom. The molecule has 1 atom stereocenters. The van der Waals surface area contributed by atoms with Crippen LogP contribution in [-0.2, 0) is 30.0 Å². The van der Waals surface area contributed by atoms with E-state index in [1.54, 1.807) is 120 Å². The SMILES string of the molecule is COC(=O)C(C)(C)C(C)(C(=O)CCCOc1ccc(C#Cc2ccc(C#Cc3ccc(C(F)(F)F)cc3)cc2)cc1)C(C)(C)C(=O)OCCOc1ccc(N=Nc2ccc(C#N)nc2)cc1. The zero-order valence-corrected chi connectivity index (χ0v) is 37.3. The normalized spacial score (nSPS) is 12.3. The van der Waals surface area contributed by atoms with E-state index >= 15 is 0 Å². The van der Waals surface area contributed by atoms with E-state index in [9.17, 15) is 27.6 Å². The van der Waals surface area contributed by atoms with Gasteiger partial charge in [0.1, 0.15) is 47.9 Å². The lowest BCUT2D eigenvalue weighted by molar-refractivity contribution is -0.184. The number of carbonyl (C=O) groups is 3. The minimum Gasteiger partial charge on any atom is -0.494 e. The first kappa shape index (κ1) is 49.3. The van der Waals surface area contributed by atoms with Crippen LogP contribution in [0.2, 0.25) is 0 Å². The Balaban J connectivity index is 1.11. The number of nitriles is 1. The van der Waals surface area contributed by atoms with E-state index < -0.39 is 39.9 Å². The van der Waals surface area contributed by atoms with Crippen LogP contribution in [0.4, 0.5) is 24.5 Å². The summed E-state index contributed by atoms with van der Waals surface area (Å²) in [6.07, 6.45) is -2.66. The van der Waals surface area contributed by atoms with Crippen LogP contribution in [0.3, 0.4) is 0 Å². The molecule has 1 heterocycles. The lowest BCUT2D eigenvalue weighted by atomic mass is 9.51. The van der Waals surface area contributed by atoms with Crippen LogP contribution in [0.1, 0.15) is 81.0 Å². The number of benzene rings is 4. The number of Topliss-reactive ketones (excluding diaryl/α,β-unsaturated/α-hetero) is 1. The molecular formula is C52H47F3N4O7. The summed E-state index contributed by atoms with van der Waals surface area (Å²) < 4.78 is 60.9. The van der Waals surface area contributed by atoms with Crippen LogP contribution >= 0.6 is 0 Å². The van der Waals surface area contributed by atoms with Gasteiger partial charge in [0.15, 0.2) is 0 Å². The van der Waals surface area contributed by atoms with Gasteiger partial charge in [-0.1, -0.05) is 30.6 Å². The van der Waals surface area contributed by atoms with Gasteiger partial charge in [-0.2, -0.15) is 23.5 Å². The zero-order chi connectivity index (χ0) is 48.0. The molecule has 1 aromatic heterocycles. The van der Waals surface area contributed by atoms with Gasteiger partial charge in [-0.15, -0.1) is 5.11 Å². The Hall–Kier alpha value is -7.76. The van der Waals surface area contributed by atoms with Crippen molar-refractivity contribution in [3.63, 3.8) is 0 Å². The highest BCUT2D eigenvalue weighted by Crippen LogP contribution is 2.54. The van der Waals surface area contributed by atoms with Crippen molar-refractivity contribution in [1.29, 1.82) is 5.26 Å². The maximum atomic E-state index is 14.2. The molecule has 0 spiro atoms. The van der Waals surface area contributed by atoms with E-state index in [-0.39, 0.29) is 37.7 Å². The molecule has 0 aliphatic carbocycles. The number of carbonyl (C=O) groups excluding carboxylic acids is 3. The number of nitrogens with zero attached hydrogens (tertiary/aromatic N) is 4. The van der Waals surface area contributed by atoms with Crippen molar-refractivity contribution >= 4 is 29.1 Å². The number of aromatic nitrogens is 1. The molecule has 5 aromatic rings. The number of pyridine rings is 1. The van der Waals surface area contributed by atoms with Gasteiger partial charge in [0.25, 0.3) is 0 Å². The van der Waals surface area contributed by atoms with E-state index in [0.717, 1.165) is 23.3 Å². The van der Waals surface area contributed by atoms with Gasteiger partial charge in [0, 0.05) is 28.7 Å². The Labute approximate surface area is 382 Å². The Bertz CT molecular complexity index is 2690. The molecule has 0 N–H and O–H groups in total. The molecule has 0 bridgehead atoms. The maximum absolute atomic E-state index is 14.2. The van der Waals surface area contributed by atoms with Crippen LogP contribution in [0.25, 0.3) is 0 Å². The molecule has 11 nitrogen and oxygen atoms in total. The second-order valence-electron chi connectivity index (χ2n) is 16.1. The largest absolute Gasteiger partial charge is 0.494 e. The number of ketones is 1. The molecule has 14 heteroatoms. The third-order valence-corrected chi connectivity index (χ3v) is 11.3. The van der Waals surface area contributed by atoms with Crippen LogP contribution < -0.4 is 9.47 Å². The first-order chi connectivity index (χ1) is 31.4. The topological polar surface area (TPSA) is 150 Å². The van der Waals surface area contributed by atoms with Crippen molar-refractivity contribution in [2.24, 2.45) is 26.5 Å². The predicted molar refractivity (Wildman–Crippen MR) is 240 cm³/mol. The number of ether oxygens (including phenoxy) is 4. The summed E-state index contributed by atoms with van der Waals surface area (Å²) in [5, 5.41) is 17.1. The van der Waals surface area contributed by atoms with Crippen LogP contribution in [-0.4, -0.2) is 49.6 Å². The monoisotopic (exact) mass is 896 g/mol. The number of methoxy groups -OCH3 is 1. The predicted octanol–water partition coefficient (Wildman–Crippen LogP) is 10.8. The number of rotatable bonds is 16. The molecule has 66 heavy (non-hydrogen) atoms. The lowest BCUT2D eigenvalue weighted by Gasteiger charge is -2.49. The third kappa shape index (κ3) is 12.5. The highest BCUT2D eigenvalue weighted by molar-refractivity contribution is 5.97. The summed E-state index contributed by atoms with van der Waals surface area (Å²) in [6, 6.07) is 30.9. The molecule has 338 valence electrons. The molecule has 0 radical (unpaired) electrons. The number of alkyl halides is 3. The fraction of sp³-hybridized carbons (Fsp3) is 0.288. The van der Waals surface area contributed by atoms with Crippen molar-refractivity contribution in [2.45, 2.75) is 53.6 Å². The highest BCUT2D eigenvalue weighted by Gasteiger charge is 2.63. The van der Waals surface area contributed by atoms with E-state index in [0.29, 0.717) is 40.4 Å². The number of esters is 2. The second-order valence-corrected chi connectivity index (χ2v) is 16.1. The average molecular weight is 897 g/mol. The minimum atomic E-state index is -4.40. The van der Waals surface area contributed by atoms with Gasteiger partial charge in [0.2, 0.25) is 0 Å². The molecule has 0 saturated carbocycles. The zero-order valence-electron chi connectivity index (χ0n) is 37.3. The third-order valence-electron chi connectivity index (χ3n) is 11.3. The summed E-state index contributed by atoms with van der Waals surface area (Å²) in [5.41, 5.74) is -1.25. The molecule has 0 aliphatic heterocycles. The summed E-state index contributed by atoms with van der Waals surface area (Å²) in [4.78, 5) is 45.1. The van der Waals surface area contributed by atoms with Gasteiger partial charge in [-0.25, -0.2) is 4.98 Å². The van der Waals surface area contributed by atoms with E-state index in [1.807, 2.05) is 6.07 Å². The van der Waals surface area contributed by atoms with Gasteiger partial charge < -0.3 is 18.9 Å². The number of halogens is 3. The van der Waals surface area contributed by atoms with Crippen LogP contribution in [0, 0.1) is 51.3 Å². The minimum absolute atomic E-state index is 0.000342. The number of hydrogen-bond acceptors (Lipinski definition) is 11. The molecule has 1 unspecified atom stereocenters. The fourth-order valence-electron chi connectivity index (χ4n) is 6.83. The van der Waals surface area contributed by atoms with E-state index in [2.05, 4.69) is 38.9 Å². The summed E-state index contributed by atoms with van der Waals surface area (Å²) in [7, 11) is 1.23. The first-order valence-corrected chi connectivity index (χ1v) is 20.7. The summed E-state index contributed by atoms with van der Waals surface area (Å²) >= 11 is 0. The van der Waals surface area contributed by atoms with Gasteiger partial charge in [-0.05, 0) is 143 Å². The van der Waals surface area contributed by atoms with Crippen molar-refractivity contribution in [2.75, 3.05) is 26.9 Å². The fourth-order valence-corrected chi connectivity index (χ4v) is 6.83. The van der Waals surface area contributed by atoms with Crippen molar-refractivity contribution < 1.29 is 46.5 Å². The van der Waals surface area contributed by atoms with Crippen molar-refractivity contribution in [3.05, 3.63) is 149 Å². The Morgan fingerprint density at radius 2 is 1.06 bits per heavy atom. The summed E-state index contributed by atoms with van der Waals surface area (Å²) in [5.74, 6) is 11.4. The lowest BCUT2D eigenvalue weighted by Crippen LogP contribution is -2.59. The molecule has 0 aliphatic rings. The second kappa shape index (κ2) is 21.7. The molecule has 4 aromatic carbocycles. The molecule has 0 saturated heterocycles. The van der Waals surface area contributed by atoms with Gasteiger partial charge in [-0.3, -0.25) is 14.4 Å². The molecular weight excluding hydrogens is 850 g/mol. The Kier molecular flexibility index (Phi) is 16.2. The molecule has 5 rings (SSSR count). The van der Waals surface area contributed by atoms with Crippen LogP contribution in [0.15, 0.2) is 126 Å². The van der Waals surface area contributed by atoms with E-state index in [4.69, 9.17) is 24.2 Å². The van der Waals surface area contributed by atoms with Crippen LogP contribution in [0.5, 0.6) is 11.5 Å². The number of hydrogen-bond donors (Lipinski definition) is 0. The van der Waals surface area contributed by atoms with Crippen molar-refractivity contribution in [1.82, 2.24) is 4.98 Å². The summed E-state index contributed by atoms with van der Waals surface area (Å²) in [6.45, 7) is 8.00. The highest BCUT2D eigenvalue weighted by atomic mass is 19.4. The average Bonchev–Trinajstić information content (AvgIpc) is 3.32. The molecule has 0 amide bonds. The standard InChI is InChI=1S/C52H47F3N4O7/c1-49(2,47(61)63-6)51(5,50(3,4)48(62)66-33-32-65-45-29-25-41(26-30-45)58-59-43-24-23-42(34-56)57-35-43)46(60)8-7-31-64-44-27-19-39(20-28-44)16-14-37-11-9-36(10-12-37)13-15-38-17-21-40(22-18-38)52(53,54)55/h9-12,17-30,35H,7-8,31-33H2,1-6H3. The smallest absolute Gasteiger partial charge is 0.416 e. The maximum Gasteiger partial charge on any atom is 0.416 e. The Morgan fingerprint density at radius 3 is 1.55 bits per heavy atom. The quantitative estimate of drug-likeness (QED) is 0.0408.